The van der Waals surface area contributed by atoms with E-state index < -0.39 is 5.54 Å². The van der Waals surface area contributed by atoms with Gasteiger partial charge in [0.1, 0.15) is 5.54 Å². The zero-order valence-corrected chi connectivity index (χ0v) is 16.9. The second-order valence-electron chi connectivity index (χ2n) is 7.77. The minimum absolute atomic E-state index is 0.0317. The molecule has 5 rings (SSSR count). The smallest absolute Gasteiger partial charge is 0.259 e. The number of carbonyl (C=O) groups excluding carboxylic acids is 1. The van der Waals surface area contributed by atoms with Gasteiger partial charge in [-0.15, -0.1) is 0 Å². The van der Waals surface area contributed by atoms with Crippen LogP contribution in [0, 0.1) is 18.3 Å². The third kappa shape index (κ3) is 2.43. The largest absolute Gasteiger partial charge is 0.303 e. The first-order chi connectivity index (χ1) is 14.1. The van der Waals surface area contributed by atoms with Crippen molar-refractivity contribution < 1.29 is 4.79 Å². The number of nitrogens with zero attached hydrogens (tertiary/aromatic N) is 3. The van der Waals surface area contributed by atoms with Gasteiger partial charge >= 0.3 is 0 Å². The lowest BCUT2D eigenvalue weighted by Gasteiger charge is -2.43. The van der Waals surface area contributed by atoms with Gasteiger partial charge in [0.05, 0.1) is 17.3 Å². The third-order valence-corrected chi connectivity index (χ3v) is 6.51. The van der Waals surface area contributed by atoms with Crippen molar-refractivity contribution in [1.29, 1.82) is 5.26 Å². The lowest BCUT2D eigenvalue weighted by Crippen LogP contribution is -2.55. The number of fused-ring (bicyclic) bond motifs is 1. The van der Waals surface area contributed by atoms with Crippen molar-refractivity contribution in [3.05, 3.63) is 71.8 Å². The SMILES string of the molecule is Cc1ccc(N2C(=S)N(c3ccc(C#N)c4ccccc34)C(=O)C23CCC3)cc1. The average molecular weight is 398 g/mol. The van der Waals surface area contributed by atoms with E-state index in [0.29, 0.717) is 10.7 Å². The number of aryl methyl sites for hydroxylation is 1. The van der Waals surface area contributed by atoms with Crippen LogP contribution >= 0.6 is 12.2 Å². The van der Waals surface area contributed by atoms with Crippen LogP contribution in [0.25, 0.3) is 10.8 Å². The Kier molecular flexibility index (Phi) is 3.94. The summed E-state index contributed by atoms with van der Waals surface area (Å²) in [6, 6.07) is 21.7. The standard InChI is InChI=1S/C24H19N3OS/c1-16-7-10-18(11-8-16)27-23(29)26(22(28)24(27)13-4-14-24)21-12-9-17(15-25)19-5-2-3-6-20(19)21/h2-3,5-12H,4,13-14H2,1H3. The van der Waals surface area contributed by atoms with Crippen molar-refractivity contribution in [2.75, 3.05) is 9.80 Å². The number of carbonyl (C=O) groups is 1. The number of nitriles is 1. The maximum Gasteiger partial charge on any atom is 0.259 e. The van der Waals surface area contributed by atoms with Crippen LogP contribution in [0.3, 0.4) is 0 Å². The van der Waals surface area contributed by atoms with Crippen LogP contribution in [0.5, 0.6) is 0 Å². The number of amides is 1. The van der Waals surface area contributed by atoms with Crippen molar-refractivity contribution in [1.82, 2.24) is 0 Å². The molecule has 29 heavy (non-hydrogen) atoms. The molecule has 0 radical (unpaired) electrons. The lowest BCUT2D eigenvalue weighted by atomic mass is 9.75. The molecular weight excluding hydrogens is 378 g/mol. The minimum atomic E-state index is -0.596. The highest BCUT2D eigenvalue weighted by atomic mass is 32.1. The number of hydrogen-bond donors (Lipinski definition) is 0. The van der Waals surface area contributed by atoms with E-state index in [1.807, 2.05) is 54.3 Å². The van der Waals surface area contributed by atoms with E-state index in [1.165, 1.54) is 5.56 Å². The Morgan fingerprint density at radius 1 is 1.00 bits per heavy atom. The van der Waals surface area contributed by atoms with Crippen molar-refractivity contribution in [2.24, 2.45) is 0 Å². The second-order valence-corrected chi connectivity index (χ2v) is 8.13. The Hall–Kier alpha value is -3.23. The van der Waals surface area contributed by atoms with Gasteiger partial charge in [0.15, 0.2) is 5.11 Å². The third-order valence-electron chi connectivity index (χ3n) is 6.15. The van der Waals surface area contributed by atoms with E-state index in [1.54, 1.807) is 11.0 Å². The van der Waals surface area contributed by atoms with Crippen LogP contribution in [0.15, 0.2) is 60.7 Å². The molecule has 1 aliphatic carbocycles. The molecule has 1 saturated heterocycles. The molecule has 0 atom stereocenters. The summed E-state index contributed by atoms with van der Waals surface area (Å²) in [6.07, 6.45) is 2.60. The topological polar surface area (TPSA) is 47.3 Å². The predicted molar refractivity (Wildman–Crippen MR) is 119 cm³/mol. The molecule has 1 saturated carbocycles. The Morgan fingerprint density at radius 3 is 2.31 bits per heavy atom. The first-order valence-electron chi connectivity index (χ1n) is 9.74. The van der Waals surface area contributed by atoms with Gasteiger partial charge in [-0.25, -0.2) is 0 Å². The summed E-state index contributed by atoms with van der Waals surface area (Å²) < 4.78 is 0. The highest BCUT2D eigenvalue weighted by molar-refractivity contribution is 7.81. The van der Waals surface area contributed by atoms with Crippen LogP contribution in [0.4, 0.5) is 11.4 Å². The highest BCUT2D eigenvalue weighted by Gasteiger charge is 2.59. The number of anilines is 2. The van der Waals surface area contributed by atoms with Crippen LogP contribution < -0.4 is 9.80 Å². The summed E-state index contributed by atoms with van der Waals surface area (Å²) in [4.78, 5) is 17.4. The summed E-state index contributed by atoms with van der Waals surface area (Å²) in [7, 11) is 0. The molecule has 0 unspecified atom stereocenters. The lowest BCUT2D eigenvalue weighted by molar-refractivity contribution is -0.123. The van der Waals surface area contributed by atoms with Gasteiger partial charge in [-0.05, 0) is 62.7 Å². The van der Waals surface area contributed by atoms with Gasteiger partial charge < -0.3 is 4.90 Å². The van der Waals surface area contributed by atoms with E-state index in [-0.39, 0.29) is 5.91 Å². The first kappa shape index (κ1) is 17.8. The van der Waals surface area contributed by atoms with Crippen molar-refractivity contribution in [2.45, 2.75) is 31.7 Å². The molecule has 5 heteroatoms. The molecule has 1 heterocycles. The van der Waals surface area contributed by atoms with Crippen molar-refractivity contribution >= 4 is 45.4 Å². The van der Waals surface area contributed by atoms with Gasteiger partial charge in [-0.2, -0.15) is 5.26 Å². The van der Waals surface area contributed by atoms with Gasteiger partial charge in [0.25, 0.3) is 5.91 Å². The molecule has 2 fully saturated rings. The number of hydrogen-bond acceptors (Lipinski definition) is 3. The molecule has 1 amide bonds. The summed E-state index contributed by atoms with van der Waals surface area (Å²) in [6.45, 7) is 2.05. The quantitative estimate of drug-likeness (QED) is 0.566. The van der Waals surface area contributed by atoms with Gasteiger partial charge in [0.2, 0.25) is 0 Å². The molecule has 1 aliphatic heterocycles. The summed E-state index contributed by atoms with van der Waals surface area (Å²) in [5.74, 6) is 0.0317. The molecule has 0 aromatic heterocycles. The molecule has 3 aromatic rings. The van der Waals surface area contributed by atoms with Crippen molar-refractivity contribution in [3.63, 3.8) is 0 Å². The Labute approximate surface area is 175 Å². The van der Waals surface area contributed by atoms with E-state index in [2.05, 4.69) is 18.2 Å². The Bertz CT molecular complexity index is 1210. The summed E-state index contributed by atoms with van der Waals surface area (Å²) in [5.41, 5.74) is 2.87. The molecular formula is C24H19N3OS. The van der Waals surface area contributed by atoms with Crippen molar-refractivity contribution in [3.8, 4) is 6.07 Å². The highest BCUT2D eigenvalue weighted by Crippen LogP contribution is 2.48. The monoisotopic (exact) mass is 397 g/mol. The second kappa shape index (κ2) is 6.40. The molecule has 3 aromatic carbocycles. The number of benzene rings is 3. The average Bonchev–Trinajstić information content (AvgIpc) is 2.95. The van der Waals surface area contributed by atoms with Crippen LogP contribution in [0.1, 0.15) is 30.4 Å². The maximum absolute atomic E-state index is 13.7. The van der Waals surface area contributed by atoms with E-state index >= 15 is 0 Å². The van der Waals surface area contributed by atoms with Crippen LogP contribution in [0.2, 0.25) is 0 Å². The fourth-order valence-electron chi connectivity index (χ4n) is 4.46. The Balaban J connectivity index is 1.69. The predicted octanol–water partition coefficient (Wildman–Crippen LogP) is 5.08. The number of thiocarbonyl (C=S) groups is 1. The van der Waals surface area contributed by atoms with Gasteiger partial charge in [0, 0.05) is 16.5 Å². The first-order valence-corrected chi connectivity index (χ1v) is 10.1. The van der Waals surface area contributed by atoms with E-state index in [4.69, 9.17) is 12.2 Å². The number of rotatable bonds is 2. The van der Waals surface area contributed by atoms with E-state index in [9.17, 15) is 10.1 Å². The minimum Gasteiger partial charge on any atom is -0.303 e. The van der Waals surface area contributed by atoms with Gasteiger partial charge in [-0.3, -0.25) is 9.69 Å². The Morgan fingerprint density at radius 2 is 1.69 bits per heavy atom. The zero-order valence-electron chi connectivity index (χ0n) is 16.1. The molecule has 1 spiro atoms. The zero-order chi connectivity index (χ0) is 20.2. The fraction of sp³-hybridized carbons (Fsp3) is 0.208. The molecule has 2 aliphatic rings. The molecule has 0 bridgehead atoms. The molecule has 0 N–H and O–H groups in total. The maximum atomic E-state index is 13.7. The molecule has 4 nitrogen and oxygen atoms in total. The van der Waals surface area contributed by atoms with E-state index in [0.717, 1.165) is 41.4 Å². The van der Waals surface area contributed by atoms with Crippen LogP contribution in [-0.2, 0) is 4.79 Å². The van der Waals surface area contributed by atoms with Crippen LogP contribution in [-0.4, -0.2) is 16.6 Å². The normalized spacial score (nSPS) is 17.7. The molecule has 142 valence electrons. The summed E-state index contributed by atoms with van der Waals surface area (Å²) >= 11 is 5.88. The summed E-state index contributed by atoms with van der Waals surface area (Å²) in [5, 5.41) is 11.7. The fourth-order valence-corrected chi connectivity index (χ4v) is 4.92. The van der Waals surface area contributed by atoms with Gasteiger partial charge in [-0.1, -0.05) is 42.0 Å².